The molecule has 12 heteroatoms. The molecule has 0 radical (unpaired) electrons. The van der Waals surface area contributed by atoms with E-state index in [0.29, 0.717) is 17.4 Å². The lowest BCUT2D eigenvalue weighted by atomic mass is 9.99. The number of carbonyl (C=O) groups excluding carboxylic acids is 2. The lowest BCUT2D eigenvalue weighted by Gasteiger charge is -2.32. The summed E-state index contributed by atoms with van der Waals surface area (Å²) in [4.78, 5) is 38.5. The highest BCUT2D eigenvalue weighted by molar-refractivity contribution is 7.15. The number of carbonyl (C=O) groups is 2. The SMILES string of the molecule is Cc1sc2c(c1C)C(c1ccc(Cl)cc1)=N[C@@H](CC(=O)NC1CCN(CCCNC(=O)/C=C/c3cccnc3)CC1)c1nnc(C)n1-2. The minimum atomic E-state index is -0.490. The molecular formula is C35H39ClN8O2S. The van der Waals surface area contributed by atoms with Crippen molar-refractivity contribution < 1.29 is 9.59 Å². The molecule has 244 valence electrons. The van der Waals surface area contributed by atoms with Gasteiger partial charge in [0.05, 0.1) is 12.1 Å². The highest BCUT2D eigenvalue weighted by Gasteiger charge is 2.33. The van der Waals surface area contributed by atoms with Crippen LogP contribution in [0.4, 0.5) is 0 Å². The summed E-state index contributed by atoms with van der Waals surface area (Å²) >= 11 is 7.93. The number of likely N-dealkylation sites (tertiary alicyclic amines) is 1. The predicted octanol–water partition coefficient (Wildman–Crippen LogP) is 5.38. The molecule has 6 rings (SSSR count). The summed E-state index contributed by atoms with van der Waals surface area (Å²) in [5.74, 6) is 1.30. The smallest absolute Gasteiger partial charge is 0.244 e. The van der Waals surface area contributed by atoms with E-state index in [4.69, 9.17) is 16.6 Å². The van der Waals surface area contributed by atoms with E-state index in [2.05, 4.69) is 49.1 Å². The van der Waals surface area contributed by atoms with Crippen molar-refractivity contribution in [2.24, 2.45) is 4.99 Å². The van der Waals surface area contributed by atoms with E-state index >= 15 is 0 Å². The molecule has 0 spiro atoms. The number of amides is 2. The zero-order valence-corrected chi connectivity index (χ0v) is 28.4. The topological polar surface area (TPSA) is 117 Å². The summed E-state index contributed by atoms with van der Waals surface area (Å²) in [6, 6.07) is 11.1. The number of aliphatic imine (C=N–C) groups is 1. The number of fused-ring (bicyclic) bond motifs is 3. The third kappa shape index (κ3) is 7.69. The van der Waals surface area contributed by atoms with Gasteiger partial charge in [-0.1, -0.05) is 29.8 Å². The highest BCUT2D eigenvalue weighted by atomic mass is 35.5. The first kappa shape index (κ1) is 32.7. The Morgan fingerprint density at radius 3 is 2.62 bits per heavy atom. The van der Waals surface area contributed by atoms with Crippen LogP contribution in [0.25, 0.3) is 11.1 Å². The van der Waals surface area contributed by atoms with Crippen LogP contribution in [-0.2, 0) is 9.59 Å². The number of nitrogens with one attached hydrogen (secondary N) is 2. The zero-order valence-electron chi connectivity index (χ0n) is 26.9. The van der Waals surface area contributed by atoms with E-state index in [9.17, 15) is 9.59 Å². The maximum Gasteiger partial charge on any atom is 0.244 e. The van der Waals surface area contributed by atoms with Crippen molar-refractivity contribution in [2.45, 2.75) is 58.5 Å². The van der Waals surface area contributed by atoms with Gasteiger partial charge in [-0.25, -0.2) is 0 Å². The van der Waals surface area contributed by atoms with Gasteiger partial charge in [0.25, 0.3) is 0 Å². The molecule has 2 N–H and O–H groups in total. The van der Waals surface area contributed by atoms with Crippen molar-refractivity contribution in [3.05, 3.63) is 98.7 Å². The van der Waals surface area contributed by atoms with Crippen LogP contribution >= 0.6 is 22.9 Å². The van der Waals surface area contributed by atoms with E-state index < -0.39 is 6.04 Å². The molecule has 0 aliphatic carbocycles. The van der Waals surface area contributed by atoms with Gasteiger partial charge in [-0.15, -0.1) is 21.5 Å². The predicted molar refractivity (Wildman–Crippen MR) is 186 cm³/mol. The lowest BCUT2D eigenvalue weighted by Crippen LogP contribution is -2.45. The van der Waals surface area contributed by atoms with Crippen LogP contribution in [-0.4, -0.2) is 74.4 Å². The maximum atomic E-state index is 13.5. The van der Waals surface area contributed by atoms with Crippen molar-refractivity contribution in [1.29, 1.82) is 0 Å². The number of rotatable bonds is 10. The Labute approximate surface area is 284 Å². The van der Waals surface area contributed by atoms with Gasteiger partial charge in [0.1, 0.15) is 16.9 Å². The third-order valence-electron chi connectivity index (χ3n) is 8.75. The number of aromatic nitrogens is 4. The quantitative estimate of drug-likeness (QED) is 0.173. The van der Waals surface area contributed by atoms with Crippen molar-refractivity contribution in [3.8, 4) is 5.00 Å². The number of hydrogen-bond donors (Lipinski definition) is 2. The Kier molecular flexibility index (Phi) is 10.2. The molecule has 2 aliphatic heterocycles. The summed E-state index contributed by atoms with van der Waals surface area (Å²) < 4.78 is 2.07. The maximum absolute atomic E-state index is 13.5. The second kappa shape index (κ2) is 14.7. The normalized spacial score (nSPS) is 16.8. The summed E-state index contributed by atoms with van der Waals surface area (Å²) in [5, 5.41) is 16.8. The van der Waals surface area contributed by atoms with Crippen LogP contribution in [0.5, 0.6) is 0 Å². The molecule has 0 saturated carbocycles. The Morgan fingerprint density at radius 2 is 1.87 bits per heavy atom. The Bertz CT molecular complexity index is 1790. The Hall–Kier alpha value is -4.19. The molecule has 5 heterocycles. The second-order valence-electron chi connectivity index (χ2n) is 12.1. The molecule has 2 amide bonds. The van der Waals surface area contributed by atoms with Crippen LogP contribution in [0.15, 0.2) is 59.9 Å². The molecule has 1 fully saturated rings. The number of thiophene rings is 1. The fourth-order valence-electron chi connectivity index (χ4n) is 6.12. The first-order valence-electron chi connectivity index (χ1n) is 16.0. The summed E-state index contributed by atoms with van der Waals surface area (Å²) in [5.41, 5.74) is 4.90. The molecule has 1 aromatic carbocycles. The number of halogens is 1. The standard InChI is InChI=1S/C35H39ClN8O2S/c1-22-23(2)47-35-32(22)33(26-8-10-27(36)11-9-26)40-29(34-42-41-24(3)44(34)35)20-31(46)39-28-13-18-43(19-14-28)17-5-16-38-30(45)12-7-25-6-4-15-37-21-25/h4,6-12,15,21,28-29H,5,13-14,16-20H2,1-3H3,(H,38,45)(H,39,46)/b12-7+/t29-/m0/s1. The van der Waals surface area contributed by atoms with Gasteiger partial charge in [0, 0.05) is 65.2 Å². The number of aryl methyl sites for hydroxylation is 2. The lowest BCUT2D eigenvalue weighted by molar-refractivity contribution is -0.122. The molecule has 0 unspecified atom stereocenters. The van der Waals surface area contributed by atoms with Crippen LogP contribution in [0, 0.1) is 20.8 Å². The Morgan fingerprint density at radius 1 is 1.09 bits per heavy atom. The molecule has 1 atom stereocenters. The molecule has 3 aromatic heterocycles. The van der Waals surface area contributed by atoms with Crippen molar-refractivity contribution in [3.63, 3.8) is 0 Å². The number of nitrogens with zero attached hydrogens (tertiary/aromatic N) is 6. The van der Waals surface area contributed by atoms with Gasteiger partial charge >= 0.3 is 0 Å². The number of hydrogen-bond acceptors (Lipinski definition) is 8. The highest BCUT2D eigenvalue weighted by Crippen LogP contribution is 2.39. The second-order valence-corrected chi connectivity index (χ2v) is 13.7. The minimum absolute atomic E-state index is 0.0416. The first-order chi connectivity index (χ1) is 22.8. The summed E-state index contributed by atoms with van der Waals surface area (Å²) in [6.45, 7) is 9.48. The van der Waals surface area contributed by atoms with Crippen molar-refractivity contribution in [2.75, 3.05) is 26.2 Å². The molecule has 0 bridgehead atoms. The van der Waals surface area contributed by atoms with Gasteiger partial charge in [0.2, 0.25) is 11.8 Å². The third-order valence-corrected chi connectivity index (χ3v) is 10.2. The van der Waals surface area contributed by atoms with Crippen molar-refractivity contribution in [1.82, 2.24) is 35.3 Å². The molecule has 10 nitrogen and oxygen atoms in total. The van der Waals surface area contributed by atoms with E-state index in [1.807, 2.05) is 43.3 Å². The molecule has 47 heavy (non-hydrogen) atoms. The van der Waals surface area contributed by atoms with E-state index in [1.165, 1.54) is 11.0 Å². The molecule has 4 aromatic rings. The largest absolute Gasteiger partial charge is 0.353 e. The summed E-state index contributed by atoms with van der Waals surface area (Å²) in [6.07, 6.45) is 9.51. The number of benzene rings is 1. The van der Waals surface area contributed by atoms with E-state index in [-0.39, 0.29) is 24.3 Å². The molecule has 2 aliphatic rings. The van der Waals surface area contributed by atoms with Crippen LogP contribution in [0.1, 0.15) is 70.5 Å². The monoisotopic (exact) mass is 670 g/mol. The van der Waals surface area contributed by atoms with Gasteiger partial charge in [-0.05, 0) is 82.0 Å². The van der Waals surface area contributed by atoms with E-state index in [1.54, 1.807) is 29.8 Å². The van der Waals surface area contributed by atoms with Gasteiger partial charge in [-0.2, -0.15) is 0 Å². The average Bonchev–Trinajstić information content (AvgIpc) is 3.55. The van der Waals surface area contributed by atoms with E-state index in [0.717, 1.165) is 77.7 Å². The van der Waals surface area contributed by atoms with Crippen LogP contribution < -0.4 is 10.6 Å². The average molecular weight is 671 g/mol. The van der Waals surface area contributed by atoms with Crippen LogP contribution in [0.3, 0.4) is 0 Å². The zero-order chi connectivity index (χ0) is 32.9. The van der Waals surface area contributed by atoms with Crippen LogP contribution in [0.2, 0.25) is 5.02 Å². The van der Waals surface area contributed by atoms with Crippen molar-refractivity contribution >= 4 is 46.5 Å². The van der Waals surface area contributed by atoms with Gasteiger partial charge < -0.3 is 15.5 Å². The Balaban J connectivity index is 1.04. The fraction of sp³-hybridized carbons (Fsp3) is 0.371. The minimum Gasteiger partial charge on any atom is -0.353 e. The summed E-state index contributed by atoms with van der Waals surface area (Å²) in [7, 11) is 0. The van der Waals surface area contributed by atoms with Gasteiger partial charge in [0.15, 0.2) is 5.82 Å². The molecule has 1 saturated heterocycles. The number of piperidine rings is 1. The molecular weight excluding hydrogens is 632 g/mol. The number of pyridine rings is 1. The van der Waals surface area contributed by atoms with Gasteiger partial charge in [-0.3, -0.25) is 24.1 Å². The first-order valence-corrected chi connectivity index (χ1v) is 17.2. The fourth-order valence-corrected chi connectivity index (χ4v) is 7.46.